The standard InChI is InChI=1S/C23H28N2O4/c1-5-15(2)18-8-6-7-9-19(18)25-14-16(12-22(25)26)23(27)24-17-10-11-20(28-3)21(13-17)29-4/h6-11,13,15-16H,5,12,14H2,1-4H3,(H,24,27). The van der Waals surface area contributed by atoms with Crippen LogP contribution >= 0.6 is 0 Å². The van der Waals surface area contributed by atoms with E-state index in [0.29, 0.717) is 29.6 Å². The molecule has 1 N–H and O–H groups in total. The second-order valence-electron chi connectivity index (χ2n) is 7.33. The smallest absolute Gasteiger partial charge is 0.229 e. The van der Waals surface area contributed by atoms with Gasteiger partial charge in [-0.15, -0.1) is 0 Å². The first-order valence-corrected chi connectivity index (χ1v) is 9.90. The number of methoxy groups -OCH3 is 2. The summed E-state index contributed by atoms with van der Waals surface area (Å²) in [5, 5.41) is 2.90. The predicted octanol–water partition coefficient (Wildman–Crippen LogP) is 4.21. The molecule has 0 saturated carbocycles. The molecule has 6 heteroatoms. The Labute approximate surface area is 171 Å². The van der Waals surface area contributed by atoms with Crippen molar-refractivity contribution in [1.82, 2.24) is 0 Å². The van der Waals surface area contributed by atoms with Crippen molar-refractivity contribution in [1.29, 1.82) is 0 Å². The highest BCUT2D eigenvalue weighted by Crippen LogP contribution is 2.34. The highest BCUT2D eigenvalue weighted by molar-refractivity contribution is 6.04. The Kier molecular flexibility index (Phi) is 6.42. The summed E-state index contributed by atoms with van der Waals surface area (Å²) in [6.07, 6.45) is 1.19. The summed E-state index contributed by atoms with van der Waals surface area (Å²) in [7, 11) is 3.11. The van der Waals surface area contributed by atoms with Crippen molar-refractivity contribution in [2.75, 3.05) is 31.0 Å². The molecule has 3 rings (SSSR count). The van der Waals surface area contributed by atoms with E-state index in [4.69, 9.17) is 9.47 Å². The summed E-state index contributed by atoms with van der Waals surface area (Å²) in [4.78, 5) is 27.3. The highest BCUT2D eigenvalue weighted by Gasteiger charge is 2.36. The molecule has 1 heterocycles. The van der Waals surface area contributed by atoms with Crippen LogP contribution in [0, 0.1) is 5.92 Å². The van der Waals surface area contributed by atoms with Gasteiger partial charge in [-0.25, -0.2) is 0 Å². The zero-order valence-corrected chi connectivity index (χ0v) is 17.4. The monoisotopic (exact) mass is 396 g/mol. The number of hydrogen-bond donors (Lipinski definition) is 1. The first-order chi connectivity index (χ1) is 14.0. The van der Waals surface area contributed by atoms with E-state index in [1.807, 2.05) is 18.2 Å². The van der Waals surface area contributed by atoms with Gasteiger partial charge < -0.3 is 19.7 Å². The zero-order chi connectivity index (χ0) is 21.0. The largest absolute Gasteiger partial charge is 0.493 e. The van der Waals surface area contributed by atoms with E-state index in [-0.39, 0.29) is 18.2 Å². The number of amides is 2. The molecule has 1 aliphatic heterocycles. The van der Waals surface area contributed by atoms with Crippen LogP contribution in [0.5, 0.6) is 11.5 Å². The molecule has 29 heavy (non-hydrogen) atoms. The minimum absolute atomic E-state index is 0.0202. The molecule has 0 aliphatic carbocycles. The molecule has 0 spiro atoms. The molecule has 2 amide bonds. The van der Waals surface area contributed by atoms with Gasteiger partial charge in [0.25, 0.3) is 0 Å². The predicted molar refractivity (Wildman–Crippen MR) is 114 cm³/mol. The molecule has 1 fully saturated rings. The number of carbonyl (C=O) groups excluding carboxylic acids is 2. The van der Waals surface area contributed by atoms with Crippen molar-refractivity contribution in [3.63, 3.8) is 0 Å². The number of anilines is 2. The zero-order valence-electron chi connectivity index (χ0n) is 17.4. The topological polar surface area (TPSA) is 67.9 Å². The van der Waals surface area contributed by atoms with Crippen molar-refractivity contribution in [2.45, 2.75) is 32.6 Å². The molecule has 2 aromatic rings. The number of ether oxygens (including phenoxy) is 2. The summed E-state index contributed by atoms with van der Waals surface area (Å²) in [6.45, 7) is 4.67. The average Bonchev–Trinajstić information content (AvgIpc) is 3.14. The van der Waals surface area contributed by atoms with Crippen LogP contribution in [-0.4, -0.2) is 32.6 Å². The van der Waals surface area contributed by atoms with Crippen LogP contribution in [0.2, 0.25) is 0 Å². The maximum absolute atomic E-state index is 12.8. The number of carbonyl (C=O) groups is 2. The Morgan fingerprint density at radius 1 is 1.17 bits per heavy atom. The van der Waals surface area contributed by atoms with Crippen molar-refractivity contribution < 1.29 is 19.1 Å². The fourth-order valence-corrected chi connectivity index (χ4v) is 3.64. The van der Waals surface area contributed by atoms with E-state index in [1.165, 1.54) is 0 Å². The Balaban J connectivity index is 1.75. The highest BCUT2D eigenvalue weighted by atomic mass is 16.5. The summed E-state index contributed by atoms with van der Waals surface area (Å²) < 4.78 is 10.5. The lowest BCUT2D eigenvalue weighted by molar-refractivity contribution is -0.122. The SMILES string of the molecule is CCC(C)c1ccccc1N1CC(C(=O)Nc2ccc(OC)c(OC)c2)CC1=O. The van der Waals surface area contributed by atoms with Crippen LogP contribution in [0.3, 0.4) is 0 Å². The van der Waals surface area contributed by atoms with Gasteiger partial charge >= 0.3 is 0 Å². The van der Waals surface area contributed by atoms with Gasteiger partial charge in [-0.3, -0.25) is 9.59 Å². The quantitative estimate of drug-likeness (QED) is 0.761. The molecular formula is C23H28N2O4. The first kappa shape index (κ1) is 20.7. The molecule has 2 unspecified atom stereocenters. The van der Waals surface area contributed by atoms with E-state index in [0.717, 1.165) is 17.7 Å². The minimum Gasteiger partial charge on any atom is -0.493 e. The number of nitrogens with one attached hydrogen (secondary N) is 1. The number of hydrogen-bond acceptors (Lipinski definition) is 4. The van der Waals surface area contributed by atoms with E-state index < -0.39 is 5.92 Å². The fourth-order valence-electron chi connectivity index (χ4n) is 3.64. The molecule has 0 aromatic heterocycles. The van der Waals surface area contributed by atoms with Crippen molar-refractivity contribution >= 4 is 23.2 Å². The number of nitrogens with zero attached hydrogens (tertiary/aromatic N) is 1. The summed E-state index contributed by atoms with van der Waals surface area (Å²) in [5.41, 5.74) is 2.66. The second kappa shape index (κ2) is 8.99. The van der Waals surface area contributed by atoms with Crippen LogP contribution in [0.1, 0.15) is 38.2 Å². The van der Waals surface area contributed by atoms with Gasteiger partial charge in [0.05, 0.1) is 20.1 Å². The minimum atomic E-state index is -0.402. The third-order valence-electron chi connectivity index (χ3n) is 5.52. The Bertz CT molecular complexity index is 896. The lowest BCUT2D eigenvalue weighted by Crippen LogP contribution is -2.29. The summed E-state index contributed by atoms with van der Waals surface area (Å²) in [5.74, 6) is 0.882. The van der Waals surface area contributed by atoms with E-state index in [2.05, 4.69) is 25.2 Å². The molecule has 154 valence electrons. The van der Waals surface area contributed by atoms with Crippen LogP contribution in [-0.2, 0) is 9.59 Å². The molecule has 2 atom stereocenters. The maximum Gasteiger partial charge on any atom is 0.229 e. The van der Waals surface area contributed by atoms with Crippen molar-refractivity contribution in [3.05, 3.63) is 48.0 Å². The summed E-state index contributed by atoms with van der Waals surface area (Å²) >= 11 is 0. The number of benzene rings is 2. The molecule has 2 aromatic carbocycles. The first-order valence-electron chi connectivity index (χ1n) is 9.90. The number of rotatable bonds is 7. The molecule has 6 nitrogen and oxygen atoms in total. The van der Waals surface area contributed by atoms with Crippen LogP contribution in [0.25, 0.3) is 0 Å². The van der Waals surface area contributed by atoms with E-state index >= 15 is 0 Å². The molecule has 1 saturated heterocycles. The van der Waals surface area contributed by atoms with E-state index in [9.17, 15) is 9.59 Å². The van der Waals surface area contributed by atoms with Crippen LogP contribution in [0.15, 0.2) is 42.5 Å². The Hall–Kier alpha value is -3.02. The van der Waals surface area contributed by atoms with Crippen LogP contribution < -0.4 is 19.7 Å². The Morgan fingerprint density at radius 2 is 1.90 bits per heavy atom. The van der Waals surface area contributed by atoms with Crippen molar-refractivity contribution in [2.24, 2.45) is 5.92 Å². The molecule has 0 bridgehead atoms. The van der Waals surface area contributed by atoms with Gasteiger partial charge in [0.2, 0.25) is 11.8 Å². The maximum atomic E-state index is 12.8. The van der Waals surface area contributed by atoms with Gasteiger partial charge in [-0.05, 0) is 36.1 Å². The van der Waals surface area contributed by atoms with E-state index in [1.54, 1.807) is 37.3 Å². The van der Waals surface area contributed by atoms with Gasteiger partial charge in [0.1, 0.15) is 0 Å². The third-order valence-corrected chi connectivity index (χ3v) is 5.52. The molecular weight excluding hydrogens is 368 g/mol. The average molecular weight is 396 g/mol. The Morgan fingerprint density at radius 3 is 2.59 bits per heavy atom. The fraction of sp³-hybridized carbons (Fsp3) is 0.391. The lowest BCUT2D eigenvalue weighted by atomic mass is 9.96. The van der Waals surface area contributed by atoms with Gasteiger partial charge in [-0.1, -0.05) is 32.0 Å². The number of para-hydroxylation sites is 1. The molecule has 1 aliphatic rings. The van der Waals surface area contributed by atoms with Crippen molar-refractivity contribution in [3.8, 4) is 11.5 Å². The third kappa shape index (κ3) is 4.36. The van der Waals surface area contributed by atoms with Crippen LogP contribution in [0.4, 0.5) is 11.4 Å². The second-order valence-corrected chi connectivity index (χ2v) is 7.33. The normalized spacial score (nSPS) is 17.2. The molecule has 0 radical (unpaired) electrons. The van der Waals surface area contributed by atoms with Gasteiger partial charge in [0.15, 0.2) is 11.5 Å². The summed E-state index contributed by atoms with van der Waals surface area (Å²) in [6, 6.07) is 13.2. The van der Waals surface area contributed by atoms with Gasteiger partial charge in [0, 0.05) is 30.4 Å². The van der Waals surface area contributed by atoms with Gasteiger partial charge in [-0.2, -0.15) is 0 Å². The lowest BCUT2D eigenvalue weighted by Gasteiger charge is -2.23.